The molecule has 1 atom stereocenters. The molecule has 0 unspecified atom stereocenters. The minimum absolute atomic E-state index is 0.0917. The average molecular weight is 335 g/mol. The van der Waals surface area contributed by atoms with Crippen molar-refractivity contribution in [3.8, 4) is 0 Å². The number of amides is 3. The van der Waals surface area contributed by atoms with Gasteiger partial charge in [0.15, 0.2) is 0 Å². The third-order valence-electron chi connectivity index (χ3n) is 3.02. The summed E-state index contributed by atoms with van der Waals surface area (Å²) < 4.78 is 5.16. The van der Waals surface area contributed by atoms with Gasteiger partial charge in [-0.2, -0.15) is 0 Å². The van der Waals surface area contributed by atoms with Gasteiger partial charge in [-0.25, -0.2) is 4.79 Å². The second-order valence-corrected chi connectivity index (χ2v) is 6.45. The molecule has 0 saturated carbocycles. The summed E-state index contributed by atoms with van der Waals surface area (Å²) in [6.07, 6.45) is -0.176. The van der Waals surface area contributed by atoms with Crippen molar-refractivity contribution < 1.29 is 19.1 Å². The maximum Gasteiger partial charge on any atom is 0.407 e. The Balaban J connectivity index is 2.68. The normalized spacial score (nSPS) is 12.1. The minimum atomic E-state index is -0.623. The van der Waals surface area contributed by atoms with Crippen LogP contribution in [-0.4, -0.2) is 36.6 Å². The molecule has 7 nitrogen and oxygen atoms in total. The molecular weight excluding hydrogens is 310 g/mol. The first-order valence-electron chi connectivity index (χ1n) is 7.74. The van der Waals surface area contributed by atoms with Crippen molar-refractivity contribution in [2.75, 3.05) is 13.1 Å². The molecule has 0 aliphatic rings. The fourth-order valence-corrected chi connectivity index (χ4v) is 2.00. The molecule has 0 aromatic heterocycles. The summed E-state index contributed by atoms with van der Waals surface area (Å²) in [5.41, 5.74) is 5.37. The van der Waals surface area contributed by atoms with Crippen LogP contribution < -0.4 is 16.4 Å². The minimum Gasteiger partial charge on any atom is -0.444 e. The van der Waals surface area contributed by atoms with E-state index in [0.717, 1.165) is 5.56 Å². The molecule has 24 heavy (non-hydrogen) atoms. The lowest BCUT2D eigenvalue weighted by Gasteiger charge is -2.22. The number of ether oxygens (including phenoxy) is 1. The molecule has 0 aliphatic heterocycles. The number of hydrogen-bond donors (Lipinski definition) is 3. The summed E-state index contributed by atoms with van der Waals surface area (Å²) in [7, 11) is 0. The summed E-state index contributed by atoms with van der Waals surface area (Å²) in [6.45, 7) is 5.12. The van der Waals surface area contributed by atoms with Gasteiger partial charge in [-0.3, -0.25) is 9.59 Å². The molecule has 3 amide bonds. The van der Waals surface area contributed by atoms with Gasteiger partial charge in [0.1, 0.15) is 5.60 Å². The molecule has 0 spiro atoms. The van der Waals surface area contributed by atoms with Gasteiger partial charge in [0, 0.05) is 6.54 Å². The van der Waals surface area contributed by atoms with Crippen molar-refractivity contribution in [2.45, 2.75) is 32.8 Å². The van der Waals surface area contributed by atoms with E-state index in [1.54, 1.807) is 20.8 Å². The number of benzene rings is 1. The number of primary amides is 1. The largest absolute Gasteiger partial charge is 0.444 e. The van der Waals surface area contributed by atoms with Crippen molar-refractivity contribution in [3.63, 3.8) is 0 Å². The molecule has 0 bridgehead atoms. The molecule has 0 fully saturated rings. The molecule has 0 heterocycles. The highest BCUT2D eigenvalue weighted by Crippen LogP contribution is 2.10. The van der Waals surface area contributed by atoms with Gasteiger partial charge in [0.05, 0.1) is 12.5 Å². The molecule has 0 aliphatic carbocycles. The summed E-state index contributed by atoms with van der Waals surface area (Å²) in [4.78, 5) is 34.8. The van der Waals surface area contributed by atoms with E-state index in [4.69, 9.17) is 10.5 Å². The number of nitrogens with two attached hydrogens (primary N) is 1. The molecule has 1 aromatic rings. The Labute approximate surface area is 141 Å². The predicted octanol–water partition coefficient (Wildman–Crippen LogP) is 0.972. The van der Waals surface area contributed by atoms with Gasteiger partial charge >= 0.3 is 6.09 Å². The summed E-state index contributed by atoms with van der Waals surface area (Å²) >= 11 is 0. The van der Waals surface area contributed by atoms with E-state index in [-0.39, 0.29) is 19.0 Å². The van der Waals surface area contributed by atoms with Crippen LogP contribution in [0.4, 0.5) is 4.79 Å². The first kappa shape index (κ1) is 19.5. The topological polar surface area (TPSA) is 111 Å². The van der Waals surface area contributed by atoms with E-state index in [9.17, 15) is 14.4 Å². The number of carbonyl (C=O) groups excluding carboxylic acids is 3. The Morgan fingerprint density at radius 2 is 1.75 bits per heavy atom. The highest BCUT2D eigenvalue weighted by atomic mass is 16.6. The third kappa shape index (κ3) is 8.17. The van der Waals surface area contributed by atoms with Crippen LogP contribution >= 0.6 is 0 Å². The van der Waals surface area contributed by atoms with Crippen molar-refractivity contribution in [1.29, 1.82) is 0 Å². The quantitative estimate of drug-likeness (QED) is 0.689. The Morgan fingerprint density at radius 1 is 1.12 bits per heavy atom. The van der Waals surface area contributed by atoms with Gasteiger partial charge in [-0.15, -0.1) is 0 Å². The number of hydrogen-bond acceptors (Lipinski definition) is 4. The third-order valence-corrected chi connectivity index (χ3v) is 3.02. The zero-order chi connectivity index (χ0) is 18.2. The Kier molecular flexibility index (Phi) is 7.23. The first-order chi connectivity index (χ1) is 11.2. The van der Waals surface area contributed by atoms with Crippen LogP contribution in [0, 0.1) is 5.92 Å². The van der Waals surface area contributed by atoms with Crippen molar-refractivity contribution in [1.82, 2.24) is 10.6 Å². The second kappa shape index (κ2) is 8.90. The van der Waals surface area contributed by atoms with E-state index >= 15 is 0 Å². The summed E-state index contributed by atoms with van der Waals surface area (Å²) in [6, 6.07) is 9.40. The van der Waals surface area contributed by atoms with Crippen LogP contribution in [0.2, 0.25) is 0 Å². The fourth-order valence-electron chi connectivity index (χ4n) is 2.00. The van der Waals surface area contributed by atoms with Gasteiger partial charge in [-0.05, 0) is 32.8 Å². The highest BCUT2D eigenvalue weighted by molar-refractivity contribution is 5.85. The van der Waals surface area contributed by atoms with Gasteiger partial charge in [0.25, 0.3) is 0 Å². The molecule has 1 rings (SSSR count). The van der Waals surface area contributed by atoms with Crippen molar-refractivity contribution >= 4 is 17.9 Å². The van der Waals surface area contributed by atoms with Crippen LogP contribution in [0.15, 0.2) is 30.3 Å². The second-order valence-electron chi connectivity index (χ2n) is 6.45. The van der Waals surface area contributed by atoms with Gasteiger partial charge in [0.2, 0.25) is 11.8 Å². The summed E-state index contributed by atoms with van der Waals surface area (Å²) in [5.74, 6) is -1.52. The zero-order valence-electron chi connectivity index (χ0n) is 14.3. The highest BCUT2D eigenvalue weighted by Gasteiger charge is 2.22. The Bertz CT molecular complexity index is 567. The lowest BCUT2D eigenvalue weighted by atomic mass is 9.98. The maximum atomic E-state index is 12.2. The van der Waals surface area contributed by atoms with E-state index in [2.05, 4.69) is 10.6 Å². The van der Waals surface area contributed by atoms with E-state index in [1.165, 1.54) is 0 Å². The number of carbonyl (C=O) groups is 3. The van der Waals surface area contributed by atoms with Gasteiger partial charge in [-0.1, -0.05) is 30.3 Å². The van der Waals surface area contributed by atoms with Crippen LogP contribution in [0.25, 0.3) is 0 Å². The molecule has 0 saturated heterocycles. The Morgan fingerprint density at radius 3 is 2.29 bits per heavy atom. The maximum absolute atomic E-state index is 12.2. The number of nitrogens with one attached hydrogen (secondary N) is 2. The SMILES string of the molecule is CC(C)(C)OC(=O)NC[C@H](Cc1ccccc1)C(=O)NCC(N)=O. The number of alkyl carbamates (subject to hydrolysis) is 1. The predicted molar refractivity (Wildman–Crippen MR) is 90.1 cm³/mol. The molecule has 1 aromatic carbocycles. The lowest BCUT2D eigenvalue weighted by Crippen LogP contribution is -2.43. The number of rotatable bonds is 7. The molecule has 0 radical (unpaired) electrons. The van der Waals surface area contributed by atoms with Crippen LogP contribution in [0.1, 0.15) is 26.3 Å². The smallest absolute Gasteiger partial charge is 0.407 e. The Hall–Kier alpha value is -2.57. The van der Waals surface area contributed by atoms with Crippen LogP contribution in [0.3, 0.4) is 0 Å². The average Bonchev–Trinajstić information content (AvgIpc) is 2.48. The van der Waals surface area contributed by atoms with Crippen molar-refractivity contribution in [2.24, 2.45) is 11.7 Å². The van der Waals surface area contributed by atoms with E-state index in [1.807, 2.05) is 30.3 Å². The monoisotopic (exact) mass is 335 g/mol. The van der Waals surface area contributed by atoms with E-state index in [0.29, 0.717) is 6.42 Å². The fraction of sp³-hybridized carbons (Fsp3) is 0.471. The van der Waals surface area contributed by atoms with Gasteiger partial charge < -0.3 is 21.1 Å². The molecule has 7 heteroatoms. The zero-order valence-corrected chi connectivity index (χ0v) is 14.3. The molecule has 132 valence electrons. The van der Waals surface area contributed by atoms with Crippen LogP contribution in [0.5, 0.6) is 0 Å². The van der Waals surface area contributed by atoms with E-state index < -0.39 is 23.5 Å². The molecular formula is C17H25N3O4. The molecule has 4 N–H and O–H groups in total. The standard InChI is InChI=1S/C17H25N3O4/c1-17(2,3)24-16(23)20-10-13(15(22)19-11-14(18)21)9-12-7-5-4-6-8-12/h4-8,13H,9-11H2,1-3H3,(H2,18,21)(H,19,22)(H,20,23)/t13-/m0/s1. The first-order valence-corrected chi connectivity index (χ1v) is 7.74. The van der Waals surface area contributed by atoms with Crippen molar-refractivity contribution in [3.05, 3.63) is 35.9 Å². The van der Waals surface area contributed by atoms with Crippen LogP contribution in [-0.2, 0) is 20.7 Å². The summed E-state index contributed by atoms with van der Waals surface area (Å²) in [5, 5.41) is 5.06. The lowest BCUT2D eigenvalue weighted by molar-refractivity contribution is -0.127.